The first-order valence-corrected chi connectivity index (χ1v) is 9.34. The molecule has 154 valence electrons. The third kappa shape index (κ3) is 3.46. The first-order chi connectivity index (χ1) is 14.4. The Hall–Kier alpha value is -3.52. The van der Waals surface area contributed by atoms with Crippen LogP contribution >= 0.6 is 0 Å². The summed E-state index contributed by atoms with van der Waals surface area (Å²) < 4.78 is 32.9. The Balaban J connectivity index is 1.62. The Morgan fingerprint density at radius 3 is 2.50 bits per heavy atom. The highest BCUT2D eigenvalue weighted by atomic mass is 19.1. The fourth-order valence-electron chi connectivity index (χ4n) is 3.37. The number of aromatic nitrogens is 1. The first-order valence-electron chi connectivity index (χ1n) is 9.34. The van der Waals surface area contributed by atoms with E-state index in [2.05, 4.69) is 10.3 Å². The number of hydrogen-bond donors (Lipinski definition) is 2. The number of amides is 1. The summed E-state index contributed by atoms with van der Waals surface area (Å²) in [5, 5.41) is 12.1. The molecule has 0 fully saturated rings. The molecule has 0 bridgehead atoms. The number of halogens is 2. The van der Waals surface area contributed by atoms with Crippen molar-refractivity contribution in [1.82, 2.24) is 4.98 Å². The molecule has 0 saturated carbocycles. The van der Waals surface area contributed by atoms with E-state index in [1.165, 1.54) is 0 Å². The number of anilines is 2. The molecule has 3 aromatic rings. The van der Waals surface area contributed by atoms with Crippen LogP contribution < -0.4 is 15.0 Å². The molecule has 0 spiro atoms. The van der Waals surface area contributed by atoms with E-state index in [1.54, 1.807) is 36.2 Å². The number of hydrogen-bond acceptors (Lipinski definition) is 5. The van der Waals surface area contributed by atoms with Crippen LogP contribution in [0.25, 0.3) is 11.1 Å². The number of carbonyl (C=O) groups excluding carboxylic acids is 1. The Morgan fingerprint density at radius 2 is 1.87 bits per heavy atom. The summed E-state index contributed by atoms with van der Waals surface area (Å²) in [6.45, 7) is 2.01. The molecular weight excluding hydrogens is 392 g/mol. The van der Waals surface area contributed by atoms with Gasteiger partial charge in [-0.1, -0.05) is 19.1 Å². The Morgan fingerprint density at radius 1 is 1.20 bits per heavy atom. The number of carbonyl (C=O) groups is 1. The maximum absolute atomic E-state index is 13.7. The standard InChI is InChI=1S/C22H19F2N3O3/c1-3-12-8-19-18(27(2)22(29)30-19)9-15(12)13-4-6-14(7-5-13)21(28)26-20-16(23)10-25-11-17(20)24/h4-11,22,29H,3H2,1-2H3,(H,25,26,28). The molecule has 1 aliphatic rings. The molecule has 8 heteroatoms. The van der Waals surface area contributed by atoms with Crippen LogP contribution in [0.15, 0.2) is 48.8 Å². The minimum atomic E-state index is -1.03. The summed E-state index contributed by atoms with van der Waals surface area (Å²) >= 11 is 0. The zero-order chi connectivity index (χ0) is 21.4. The third-order valence-corrected chi connectivity index (χ3v) is 5.06. The lowest BCUT2D eigenvalue weighted by molar-refractivity contribution is 0.000952. The number of aliphatic hydroxyl groups excluding tert-OH is 1. The topological polar surface area (TPSA) is 74.7 Å². The van der Waals surface area contributed by atoms with Crippen molar-refractivity contribution >= 4 is 17.3 Å². The highest BCUT2D eigenvalue weighted by Crippen LogP contribution is 2.41. The smallest absolute Gasteiger partial charge is 0.281 e. The Bertz CT molecular complexity index is 1100. The SMILES string of the molecule is CCc1cc2c(cc1-c1ccc(C(=O)Nc3c(F)cncc3F)cc1)N(C)C(O)O2. The molecule has 0 aliphatic carbocycles. The zero-order valence-corrected chi connectivity index (χ0v) is 16.3. The van der Waals surface area contributed by atoms with E-state index in [-0.39, 0.29) is 5.56 Å². The molecule has 4 rings (SSSR count). The van der Waals surface area contributed by atoms with Gasteiger partial charge in [-0.25, -0.2) is 8.78 Å². The molecule has 6 nitrogen and oxygen atoms in total. The molecule has 2 N–H and O–H groups in total. The fraction of sp³-hybridized carbons (Fsp3) is 0.182. The van der Waals surface area contributed by atoms with Crippen LogP contribution in [0.3, 0.4) is 0 Å². The highest BCUT2D eigenvalue weighted by molar-refractivity contribution is 6.04. The molecule has 0 radical (unpaired) electrons. The van der Waals surface area contributed by atoms with E-state index in [4.69, 9.17) is 4.74 Å². The van der Waals surface area contributed by atoms with Crippen LogP contribution in [0.1, 0.15) is 22.8 Å². The summed E-state index contributed by atoms with van der Waals surface area (Å²) in [5.41, 5.74) is 3.31. The van der Waals surface area contributed by atoms with Crippen LogP contribution in [0.2, 0.25) is 0 Å². The third-order valence-electron chi connectivity index (χ3n) is 5.06. The van der Waals surface area contributed by atoms with E-state index < -0.39 is 29.6 Å². The lowest BCUT2D eigenvalue weighted by Gasteiger charge is -2.15. The fourth-order valence-corrected chi connectivity index (χ4v) is 3.37. The van der Waals surface area contributed by atoms with Crippen molar-refractivity contribution in [2.24, 2.45) is 0 Å². The van der Waals surface area contributed by atoms with Gasteiger partial charge in [0.05, 0.1) is 18.1 Å². The van der Waals surface area contributed by atoms with Gasteiger partial charge < -0.3 is 20.1 Å². The van der Waals surface area contributed by atoms with Crippen molar-refractivity contribution < 1.29 is 23.4 Å². The molecule has 1 aliphatic heterocycles. The molecule has 1 atom stereocenters. The number of rotatable bonds is 4. The Kier molecular flexibility index (Phi) is 5.09. The molecule has 2 aromatic carbocycles. The number of ether oxygens (including phenoxy) is 1. The number of aryl methyl sites for hydroxylation is 1. The molecular formula is C22H19F2N3O3. The van der Waals surface area contributed by atoms with Crippen molar-refractivity contribution in [2.75, 3.05) is 17.3 Å². The van der Waals surface area contributed by atoms with Crippen LogP contribution in [0, 0.1) is 11.6 Å². The second-order valence-electron chi connectivity index (χ2n) is 6.90. The Labute approximate surface area is 171 Å². The maximum atomic E-state index is 13.7. The zero-order valence-electron chi connectivity index (χ0n) is 16.3. The molecule has 2 heterocycles. The van der Waals surface area contributed by atoms with Gasteiger partial charge in [0.25, 0.3) is 12.3 Å². The van der Waals surface area contributed by atoms with Crippen molar-refractivity contribution in [3.8, 4) is 16.9 Å². The highest BCUT2D eigenvalue weighted by Gasteiger charge is 2.27. The molecule has 30 heavy (non-hydrogen) atoms. The van der Waals surface area contributed by atoms with Crippen molar-refractivity contribution in [3.05, 3.63) is 71.6 Å². The normalized spacial score (nSPS) is 15.0. The van der Waals surface area contributed by atoms with Crippen LogP contribution in [-0.4, -0.2) is 29.5 Å². The predicted molar refractivity (Wildman–Crippen MR) is 108 cm³/mol. The van der Waals surface area contributed by atoms with Crippen LogP contribution in [-0.2, 0) is 6.42 Å². The second-order valence-corrected chi connectivity index (χ2v) is 6.90. The summed E-state index contributed by atoms with van der Waals surface area (Å²) in [7, 11) is 1.73. The van der Waals surface area contributed by atoms with Gasteiger partial charge in [0, 0.05) is 12.6 Å². The number of benzene rings is 2. The average Bonchev–Trinajstić information content (AvgIpc) is 3.02. The van der Waals surface area contributed by atoms with E-state index in [9.17, 15) is 18.7 Å². The van der Waals surface area contributed by atoms with Gasteiger partial charge in [0.2, 0.25) is 0 Å². The van der Waals surface area contributed by atoms with Crippen molar-refractivity contribution in [1.29, 1.82) is 0 Å². The predicted octanol–water partition coefficient (Wildman–Crippen LogP) is 3.95. The second kappa shape index (κ2) is 7.72. The van der Waals surface area contributed by atoms with Crippen LogP contribution in [0.5, 0.6) is 5.75 Å². The summed E-state index contributed by atoms with van der Waals surface area (Å²) in [6, 6.07) is 10.5. The van der Waals surface area contributed by atoms with Gasteiger partial charge >= 0.3 is 0 Å². The number of aliphatic hydroxyl groups is 1. The summed E-state index contributed by atoms with van der Waals surface area (Å²) in [5.74, 6) is -1.91. The lowest BCUT2D eigenvalue weighted by Crippen LogP contribution is -2.29. The summed E-state index contributed by atoms with van der Waals surface area (Å²) in [4.78, 5) is 17.4. The monoisotopic (exact) mass is 411 g/mol. The van der Waals surface area contributed by atoms with E-state index in [0.29, 0.717) is 5.75 Å². The number of nitrogens with one attached hydrogen (secondary N) is 1. The number of pyridine rings is 1. The average molecular weight is 411 g/mol. The van der Waals surface area contributed by atoms with Crippen LogP contribution in [0.4, 0.5) is 20.2 Å². The summed E-state index contributed by atoms with van der Waals surface area (Å²) in [6.07, 6.45) is 1.38. The first kappa shape index (κ1) is 19.8. The largest absolute Gasteiger partial charge is 0.445 e. The van der Waals surface area contributed by atoms with Crippen molar-refractivity contribution in [3.63, 3.8) is 0 Å². The van der Waals surface area contributed by atoms with Gasteiger partial charge in [0.1, 0.15) is 11.4 Å². The van der Waals surface area contributed by atoms with Gasteiger partial charge in [0.15, 0.2) is 11.6 Å². The van der Waals surface area contributed by atoms with Gasteiger partial charge in [-0.15, -0.1) is 0 Å². The molecule has 1 unspecified atom stereocenters. The van der Waals surface area contributed by atoms with Crippen molar-refractivity contribution in [2.45, 2.75) is 19.8 Å². The van der Waals surface area contributed by atoms with E-state index in [1.807, 2.05) is 19.1 Å². The number of nitrogens with zero attached hydrogens (tertiary/aromatic N) is 2. The lowest BCUT2D eigenvalue weighted by atomic mass is 9.96. The van der Waals surface area contributed by atoms with Gasteiger partial charge in [-0.05, 0) is 47.4 Å². The minimum Gasteiger partial charge on any atom is -0.445 e. The minimum absolute atomic E-state index is 0.254. The molecule has 0 saturated heterocycles. The quantitative estimate of drug-likeness (QED) is 0.680. The van der Waals surface area contributed by atoms with Gasteiger partial charge in [-0.2, -0.15) is 0 Å². The van der Waals surface area contributed by atoms with Gasteiger partial charge in [-0.3, -0.25) is 9.78 Å². The van der Waals surface area contributed by atoms with E-state index in [0.717, 1.165) is 41.2 Å². The maximum Gasteiger partial charge on any atom is 0.281 e. The molecule has 1 aromatic heterocycles. The van der Waals surface area contributed by atoms with E-state index >= 15 is 0 Å². The number of fused-ring (bicyclic) bond motifs is 1. The molecule has 1 amide bonds.